The van der Waals surface area contributed by atoms with E-state index in [1.807, 2.05) is 84.9 Å². The minimum absolute atomic E-state index is 0. The van der Waals surface area contributed by atoms with Crippen molar-refractivity contribution >= 4 is 29.3 Å². The maximum atomic E-state index is 11.0. The maximum Gasteiger partial charge on any atom is 0.303 e. The number of pyridine rings is 1. The molecule has 29 heavy (non-hydrogen) atoms. The van der Waals surface area contributed by atoms with E-state index in [4.69, 9.17) is 14.8 Å². The lowest BCUT2D eigenvalue weighted by molar-refractivity contribution is -0.136. The number of hydrogen-bond acceptors (Lipinski definition) is 3. The van der Waals surface area contributed by atoms with Crippen LogP contribution in [0.25, 0.3) is 22.2 Å². The number of rotatable bonds is 6. The first-order valence-corrected chi connectivity index (χ1v) is 9.13. The highest BCUT2D eigenvalue weighted by Gasteiger charge is 2.10. The Morgan fingerprint density at radius 3 is 2.38 bits per heavy atom. The van der Waals surface area contributed by atoms with E-state index in [9.17, 15) is 4.79 Å². The van der Waals surface area contributed by atoms with Gasteiger partial charge in [-0.05, 0) is 48.4 Å². The predicted octanol–water partition coefficient (Wildman–Crippen LogP) is 6.13. The van der Waals surface area contributed by atoms with Gasteiger partial charge in [0.25, 0.3) is 0 Å². The molecule has 0 aliphatic rings. The number of halogens is 1. The van der Waals surface area contributed by atoms with Crippen molar-refractivity contribution in [2.75, 3.05) is 0 Å². The average molecular weight is 406 g/mol. The minimum Gasteiger partial charge on any atom is -0.481 e. The van der Waals surface area contributed by atoms with Gasteiger partial charge in [-0.15, -0.1) is 12.4 Å². The Morgan fingerprint density at radius 1 is 0.862 bits per heavy atom. The van der Waals surface area contributed by atoms with E-state index in [0.29, 0.717) is 6.42 Å². The van der Waals surface area contributed by atoms with Crippen LogP contribution in [0, 0.1) is 0 Å². The van der Waals surface area contributed by atoms with E-state index >= 15 is 0 Å². The lowest BCUT2D eigenvalue weighted by Crippen LogP contribution is -1.99. The first-order valence-electron chi connectivity index (χ1n) is 9.13. The number of aromatic nitrogens is 1. The molecule has 4 aromatic rings. The normalized spacial score (nSPS) is 10.3. The largest absolute Gasteiger partial charge is 0.481 e. The van der Waals surface area contributed by atoms with Crippen molar-refractivity contribution in [3.05, 3.63) is 90.5 Å². The molecule has 0 radical (unpaired) electrons. The lowest BCUT2D eigenvalue weighted by atomic mass is 10.0. The SMILES string of the molecule is Cl.O=C(O)CCc1cc(-c2cccc(Oc3ccccc3)c2)nc2ccccc12. The molecule has 146 valence electrons. The van der Waals surface area contributed by atoms with E-state index in [1.54, 1.807) is 0 Å². The number of carboxylic acids is 1. The molecule has 4 rings (SSSR count). The molecule has 0 aliphatic heterocycles. The highest BCUT2D eigenvalue weighted by atomic mass is 35.5. The molecule has 0 spiro atoms. The smallest absolute Gasteiger partial charge is 0.303 e. The number of fused-ring (bicyclic) bond motifs is 1. The van der Waals surface area contributed by atoms with Crippen LogP contribution in [0.3, 0.4) is 0 Å². The van der Waals surface area contributed by atoms with Crippen molar-refractivity contribution in [1.82, 2.24) is 4.98 Å². The number of carboxylic acid groups (broad SMARTS) is 1. The molecule has 0 saturated heterocycles. The number of aryl methyl sites for hydroxylation is 1. The molecule has 1 N–H and O–H groups in total. The van der Waals surface area contributed by atoms with E-state index in [-0.39, 0.29) is 18.8 Å². The van der Waals surface area contributed by atoms with Crippen LogP contribution >= 0.6 is 12.4 Å². The molecule has 0 fully saturated rings. The fourth-order valence-corrected chi connectivity index (χ4v) is 3.19. The third kappa shape index (κ3) is 4.92. The van der Waals surface area contributed by atoms with Crippen LogP contribution in [-0.4, -0.2) is 16.1 Å². The van der Waals surface area contributed by atoms with Gasteiger partial charge >= 0.3 is 5.97 Å². The van der Waals surface area contributed by atoms with Crippen molar-refractivity contribution in [2.45, 2.75) is 12.8 Å². The van der Waals surface area contributed by atoms with Crippen molar-refractivity contribution in [2.24, 2.45) is 0 Å². The molecular weight excluding hydrogens is 386 g/mol. The molecule has 3 aromatic carbocycles. The second-order valence-electron chi connectivity index (χ2n) is 6.52. The Labute approximate surface area is 175 Å². The van der Waals surface area contributed by atoms with Crippen molar-refractivity contribution in [3.8, 4) is 22.8 Å². The molecule has 0 saturated carbocycles. The van der Waals surface area contributed by atoms with Gasteiger partial charge in [-0.1, -0.05) is 48.5 Å². The zero-order valence-electron chi connectivity index (χ0n) is 15.6. The summed E-state index contributed by atoms with van der Waals surface area (Å²) in [6.45, 7) is 0. The molecule has 0 amide bonds. The van der Waals surface area contributed by atoms with E-state index in [1.165, 1.54) is 0 Å². The molecular formula is C24H20ClNO3. The van der Waals surface area contributed by atoms with Crippen LogP contribution in [0.5, 0.6) is 11.5 Å². The number of hydrogen-bond donors (Lipinski definition) is 1. The number of benzene rings is 3. The van der Waals surface area contributed by atoms with Crippen LogP contribution in [0.2, 0.25) is 0 Å². The van der Waals surface area contributed by atoms with Gasteiger partial charge in [0.2, 0.25) is 0 Å². The standard InChI is InChI=1S/C24H19NO3.ClH/c26-24(27)14-13-17-16-23(25-22-12-5-4-11-21(17)22)18-7-6-10-20(15-18)28-19-8-2-1-3-9-19;/h1-12,15-16H,13-14H2,(H,26,27);1H. The summed E-state index contributed by atoms with van der Waals surface area (Å²) in [7, 11) is 0. The highest BCUT2D eigenvalue weighted by molar-refractivity contribution is 5.86. The van der Waals surface area contributed by atoms with Gasteiger partial charge in [-0.3, -0.25) is 4.79 Å². The predicted molar refractivity (Wildman–Crippen MR) is 117 cm³/mol. The summed E-state index contributed by atoms with van der Waals surface area (Å²) in [5.41, 5.74) is 3.57. The fraction of sp³-hybridized carbons (Fsp3) is 0.0833. The number of carbonyl (C=O) groups is 1. The summed E-state index contributed by atoms with van der Waals surface area (Å²) < 4.78 is 5.93. The Bertz CT molecular complexity index is 1130. The Balaban J connectivity index is 0.00000240. The highest BCUT2D eigenvalue weighted by Crippen LogP contribution is 2.29. The second kappa shape index (κ2) is 9.22. The molecule has 1 aromatic heterocycles. The van der Waals surface area contributed by atoms with E-state index in [2.05, 4.69) is 0 Å². The van der Waals surface area contributed by atoms with Crippen LogP contribution in [0.4, 0.5) is 0 Å². The first kappa shape index (κ1) is 20.4. The Kier molecular flexibility index (Phi) is 6.47. The molecule has 4 nitrogen and oxygen atoms in total. The van der Waals surface area contributed by atoms with Gasteiger partial charge in [-0.25, -0.2) is 4.98 Å². The molecule has 0 unspecified atom stereocenters. The van der Waals surface area contributed by atoms with E-state index < -0.39 is 5.97 Å². The molecule has 0 atom stereocenters. The van der Waals surface area contributed by atoms with Crippen LogP contribution in [0.15, 0.2) is 84.9 Å². The Morgan fingerprint density at radius 2 is 1.59 bits per heavy atom. The average Bonchev–Trinajstić information content (AvgIpc) is 2.72. The molecule has 1 heterocycles. The number of para-hydroxylation sites is 2. The summed E-state index contributed by atoms with van der Waals surface area (Å²) in [4.78, 5) is 15.8. The van der Waals surface area contributed by atoms with Crippen LogP contribution in [-0.2, 0) is 11.2 Å². The van der Waals surface area contributed by atoms with Gasteiger partial charge in [0.05, 0.1) is 11.2 Å². The van der Waals surface area contributed by atoms with Gasteiger partial charge in [0.1, 0.15) is 11.5 Å². The third-order valence-electron chi connectivity index (χ3n) is 4.52. The number of ether oxygens (including phenoxy) is 1. The maximum absolute atomic E-state index is 11.0. The van der Waals surface area contributed by atoms with Crippen molar-refractivity contribution < 1.29 is 14.6 Å². The summed E-state index contributed by atoms with van der Waals surface area (Å²) in [5.74, 6) is 0.694. The quantitative estimate of drug-likeness (QED) is 0.419. The van der Waals surface area contributed by atoms with Gasteiger partial charge in [-0.2, -0.15) is 0 Å². The summed E-state index contributed by atoms with van der Waals surface area (Å²) in [5, 5.41) is 10.1. The van der Waals surface area contributed by atoms with E-state index in [0.717, 1.165) is 39.2 Å². The summed E-state index contributed by atoms with van der Waals surface area (Å²) in [6, 6.07) is 27.2. The zero-order valence-corrected chi connectivity index (χ0v) is 16.4. The molecule has 0 bridgehead atoms. The molecule has 0 aliphatic carbocycles. The van der Waals surface area contributed by atoms with Gasteiger partial charge in [0, 0.05) is 17.4 Å². The zero-order chi connectivity index (χ0) is 19.3. The second-order valence-corrected chi connectivity index (χ2v) is 6.52. The molecule has 5 heteroatoms. The fourth-order valence-electron chi connectivity index (χ4n) is 3.19. The monoisotopic (exact) mass is 405 g/mol. The first-order chi connectivity index (χ1) is 13.7. The third-order valence-corrected chi connectivity index (χ3v) is 4.52. The minimum atomic E-state index is -0.805. The van der Waals surface area contributed by atoms with Crippen LogP contribution in [0.1, 0.15) is 12.0 Å². The number of nitrogens with zero attached hydrogens (tertiary/aromatic N) is 1. The van der Waals surface area contributed by atoms with Crippen LogP contribution < -0.4 is 4.74 Å². The van der Waals surface area contributed by atoms with Crippen molar-refractivity contribution in [1.29, 1.82) is 0 Å². The van der Waals surface area contributed by atoms with Crippen molar-refractivity contribution in [3.63, 3.8) is 0 Å². The Hall–Kier alpha value is -3.37. The summed E-state index contributed by atoms with van der Waals surface area (Å²) in [6.07, 6.45) is 0.552. The number of aliphatic carboxylic acids is 1. The topological polar surface area (TPSA) is 59.4 Å². The van der Waals surface area contributed by atoms with Gasteiger partial charge < -0.3 is 9.84 Å². The summed E-state index contributed by atoms with van der Waals surface area (Å²) >= 11 is 0. The van der Waals surface area contributed by atoms with Gasteiger partial charge in [0.15, 0.2) is 0 Å². The lowest BCUT2D eigenvalue weighted by Gasteiger charge is -2.11.